The first-order chi connectivity index (χ1) is 8.42. The Labute approximate surface area is 126 Å². The maximum Gasteiger partial charge on any atom is 0.163 e. The molecule has 3 rings (SSSR count). The van der Waals surface area contributed by atoms with Crippen molar-refractivity contribution in [2.75, 3.05) is 31.6 Å². The van der Waals surface area contributed by atoms with E-state index in [9.17, 15) is 0 Å². The molecule has 0 aliphatic carbocycles. The van der Waals surface area contributed by atoms with E-state index in [-0.39, 0.29) is 24.8 Å². The maximum atomic E-state index is 5.57. The van der Waals surface area contributed by atoms with Crippen molar-refractivity contribution in [3.8, 4) is 11.5 Å². The van der Waals surface area contributed by atoms with Crippen LogP contribution < -0.4 is 20.1 Å². The molecule has 0 saturated carbocycles. The summed E-state index contributed by atoms with van der Waals surface area (Å²) in [6, 6.07) is 6.59. The van der Waals surface area contributed by atoms with Gasteiger partial charge in [0.25, 0.3) is 0 Å². The number of nitrogens with one attached hydrogen (secondary N) is 2. The summed E-state index contributed by atoms with van der Waals surface area (Å²) in [6.07, 6.45) is 2.46. The summed E-state index contributed by atoms with van der Waals surface area (Å²) in [5.74, 6) is 1.70. The molecule has 1 aromatic rings. The van der Waals surface area contributed by atoms with Gasteiger partial charge in [0, 0.05) is 24.3 Å². The molecule has 0 spiro atoms. The highest BCUT2D eigenvalue weighted by atomic mass is 35.5. The second-order valence-electron chi connectivity index (χ2n) is 4.55. The van der Waals surface area contributed by atoms with Gasteiger partial charge in [-0.3, -0.25) is 0 Å². The molecular weight excluding hydrogens is 287 g/mol. The van der Waals surface area contributed by atoms with Crippen LogP contribution in [-0.4, -0.2) is 32.3 Å². The monoisotopic (exact) mass is 306 g/mol. The summed E-state index contributed by atoms with van der Waals surface area (Å²) in [4.78, 5) is 0. The number of ether oxygens (including phenoxy) is 2. The van der Waals surface area contributed by atoms with Gasteiger partial charge in [0.2, 0.25) is 0 Å². The van der Waals surface area contributed by atoms with Gasteiger partial charge in [-0.1, -0.05) is 0 Å². The molecular formula is C13H20Cl2N2O2. The van der Waals surface area contributed by atoms with Crippen LogP contribution in [0.15, 0.2) is 18.2 Å². The minimum atomic E-state index is 0. The number of fused-ring (bicyclic) bond motifs is 1. The highest BCUT2D eigenvalue weighted by Gasteiger charge is 2.15. The van der Waals surface area contributed by atoms with Gasteiger partial charge in [-0.2, -0.15) is 0 Å². The predicted octanol–water partition coefficient (Wildman–Crippen LogP) is 2.47. The average molecular weight is 307 g/mol. The minimum Gasteiger partial charge on any atom is -0.486 e. The minimum absolute atomic E-state index is 0. The van der Waals surface area contributed by atoms with Gasteiger partial charge in [-0.05, 0) is 31.5 Å². The molecule has 0 radical (unpaired) electrons. The fourth-order valence-electron chi connectivity index (χ4n) is 2.34. The zero-order valence-corrected chi connectivity index (χ0v) is 12.3. The van der Waals surface area contributed by atoms with Crippen molar-refractivity contribution >= 4 is 30.5 Å². The summed E-state index contributed by atoms with van der Waals surface area (Å²) < 4.78 is 11.1. The molecule has 1 atom stereocenters. The second-order valence-corrected chi connectivity index (χ2v) is 4.55. The first-order valence-electron chi connectivity index (χ1n) is 6.29. The van der Waals surface area contributed by atoms with Crippen LogP contribution in [0.3, 0.4) is 0 Å². The van der Waals surface area contributed by atoms with E-state index in [1.54, 1.807) is 0 Å². The third kappa shape index (κ3) is 4.06. The summed E-state index contributed by atoms with van der Waals surface area (Å²) in [7, 11) is 0. The molecule has 0 bridgehead atoms. The van der Waals surface area contributed by atoms with Gasteiger partial charge in [0.15, 0.2) is 11.5 Å². The van der Waals surface area contributed by atoms with Crippen LogP contribution in [-0.2, 0) is 0 Å². The maximum absolute atomic E-state index is 5.57. The molecule has 2 aliphatic heterocycles. The quantitative estimate of drug-likeness (QED) is 0.881. The van der Waals surface area contributed by atoms with E-state index in [1.807, 2.05) is 12.1 Å². The van der Waals surface area contributed by atoms with Crippen molar-refractivity contribution in [1.82, 2.24) is 5.32 Å². The number of piperidine rings is 1. The van der Waals surface area contributed by atoms with Crippen LogP contribution in [0.4, 0.5) is 5.69 Å². The lowest BCUT2D eigenvalue weighted by Crippen LogP contribution is -2.38. The molecule has 2 heterocycles. The number of rotatable bonds is 2. The zero-order chi connectivity index (χ0) is 11.5. The van der Waals surface area contributed by atoms with Crippen LogP contribution >= 0.6 is 24.8 Å². The third-order valence-corrected chi connectivity index (χ3v) is 3.21. The third-order valence-electron chi connectivity index (χ3n) is 3.21. The van der Waals surface area contributed by atoms with E-state index in [0.29, 0.717) is 19.3 Å². The van der Waals surface area contributed by atoms with E-state index in [2.05, 4.69) is 16.7 Å². The summed E-state index contributed by atoms with van der Waals surface area (Å²) in [5.41, 5.74) is 1.11. The van der Waals surface area contributed by atoms with Gasteiger partial charge < -0.3 is 20.1 Å². The van der Waals surface area contributed by atoms with Crippen molar-refractivity contribution in [2.45, 2.75) is 18.9 Å². The number of anilines is 1. The van der Waals surface area contributed by atoms with Gasteiger partial charge in [-0.25, -0.2) is 0 Å². The Bertz CT molecular complexity index is 398. The molecule has 19 heavy (non-hydrogen) atoms. The number of benzene rings is 1. The molecule has 0 amide bonds. The average Bonchev–Trinajstić information content (AvgIpc) is 2.40. The van der Waals surface area contributed by atoms with Crippen LogP contribution in [0.1, 0.15) is 12.8 Å². The molecule has 0 aromatic heterocycles. The standard InChI is InChI=1S/C13H18N2O2.2ClH/c1-2-11(9-14-5-1)15-10-3-4-12-13(8-10)17-7-6-16-12;;/h3-4,8,11,14-15H,1-2,5-7,9H2;2*1H. The Hall–Kier alpha value is -0.840. The zero-order valence-electron chi connectivity index (χ0n) is 10.7. The summed E-state index contributed by atoms with van der Waals surface area (Å²) in [5, 5.41) is 6.93. The van der Waals surface area contributed by atoms with Gasteiger partial charge >= 0.3 is 0 Å². The van der Waals surface area contributed by atoms with E-state index in [0.717, 1.165) is 30.3 Å². The van der Waals surface area contributed by atoms with Crippen molar-refractivity contribution in [2.24, 2.45) is 0 Å². The van der Waals surface area contributed by atoms with Crippen LogP contribution in [0, 0.1) is 0 Å². The lowest BCUT2D eigenvalue weighted by Gasteiger charge is -2.26. The van der Waals surface area contributed by atoms with E-state index < -0.39 is 0 Å². The molecule has 2 N–H and O–H groups in total. The molecule has 1 unspecified atom stereocenters. The Morgan fingerprint density at radius 1 is 1.11 bits per heavy atom. The van der Waals surface area contributed by atoms with Crippen LogP contribution in [0.5, 0.6) is 11.5 Å². The summed E-state index contributed by atoms with van der Waals surface area (Å²) in [6.45, 7) is 3.46. The van der Waals surface area contributed by atoms with Crippen molar-refractivity contribution in [3.05, 3.63) is 18.2 Å². The number of hydrogen-bond donors (Lipinski definition) is 2. The van der Waals surface area contributed by atoms with E-state index in [1.165, 1.54) is 12.8 Å². The predicted molar refractivity (Wildman–Crippen MR) is 81.4 cm³/mol. The Morgan fingerprint density at radius 2 is 1.89 bits per heavy atom. The van der Waals surface area contributed by atoms with Crippen molar-refractivity contribution < 1.29 is 9.47 Å². The van der Waals surface area contributed by atoms with Crippen molar-refractivity contribution in [3.63, 3.8) is 0 Å². The Kier molecular flexibility index (Phi) is 6.55. The highest BCUT2D eigenvalue weighted by Crippen LogP contribution is 2.32. The van der Waals surface area contributed by atoms with Gasteiger partial charge in [0.05, 0.1) is 0 Å². The molecule has 4 nitrogen and oxygen atoms in total. The molecule has 108 valence electrons. The summed E-state index contributed by atoms with van der Waals surface area (Å²) >= 11 is 0. The smallest absolute Gasteiger partial charge is 0.163 e. The molecule has 2 aliphatic rings. The highest BCUT2D eigenvalue weighted by molar-refractivity contribution is 5.85. The molecule has 1 aromatic carbocycles. The SMILES string of the molecule is Cl.Cl.c1cc2c(cc1NC1CCCNC1)OCCO2. The Morgan fingerprint density at radius 3 is 2.63 bits per heavy atom. The van der Waals surface area contributed by atoms with E-state index in [4.69, 9.17) is 9.47 Å². The normalized spacial score (nSPS) is 20.7. The fraction of sp³-hybridized carbons (Fsp3) is 0.538. The number of hydrogen-bond acceptors (Lipinski definition) is 4. The number of halogens is 2. The van der Waals surface area contributed by atoms with Gasteiger partial charge in [0.1, 0.15) is 13.2 Å². The second kappa shape index (κ2) is 7.68. The first kappa shape index (κ1) is 16.2. The van der Waals surface area contributed by atoms with Crippen molar-refractivity contribution in [1.29, 1.82) is 0 Å². The molecule has 1 fully saturated rings. The first-order valence-corrected chi connectivity index (χ1v) is 6.29. The topological polar surface area (TPSA) is 42.5 Å². The van der Waals surface area contributed by atoms with Crippen LogP contribution in [0.2, 0.25) is 0 Å². The molecule has 6 heteroatoms. The lowest BCUT2D eigenvalue weighted by atomic mass is 10.1. The fourth-order valence-corrected chi connectivity index (χ4v) is 2.34. The van der Waals surface area contributed by atoms with E-state index >= 15 is 0 Å². The van der Waals surface area contributed by atoms with Crippen LogP contribution in [0.25, 0.3) is 0 Å². The van der Waals surface area contributed by atoms with Gasteiger partial charge in [-0.15, -0.1) is 24.8 Å². The Balaban J connectivity index is 0.000000902. The largest absolute Gasteiger partial charge is 0.486 e. The molecule has 1 saturated heterocycles. The lowest BCUT2D eigenvalue weighted by molar-refractivity contribution is 0.171.